The predicted octanol–water partition coefficient (Wildman–Crippen LogP) is 5.60. The Morgan fingerprint density at radius 1 is 1.22 bits per heavy atom. The largest absolute Gasteiger partial charge is 0.265 e. The minimum Gasteiger partial charge on any atom is -0.256 e. The summed E-state index contributed by atoms with van der Waals surface area (Å²) in [5.41, 5.74) is 4.53. The van der Waals surface area contributed by atoms with Gasteiger partial charge < -0.3 is 0 Å². The number of fused-ring (bicyclic) bond motifs is 1. The standard InChI is InChI=1S/C22H19F2N3/c1-12-6-7-18(26-10-12)20-17(9-25)16-8-15(22(23)24)11-27-21(16)13(2)19(20)14-4-3-5-14/h6-8,10-11,14,19,22H,2-5H2,1H3. The Bertz CT molecular complexity index is 980. The van der Waals surface area contributed by atoms with Gasteiger partial charge in [-0.15, -0.1) is 0 Å². The summed E-state index contributed by atoms with van der Waals surface area (Å²) in [5, 5.41) is 9.95. The van der Waals surface area contributed by atoms with E-state index in [1.807, 2.05) is 19.1 Å². The summed E-state index contributed by atoms with van der Waals surface area (Å²) in [6, 6.07) is 7.49. The van der Waals surface area contributed by atoms with Crippen LogP contribution >= 0.6 is 0 Å². The molecular weight excluding hydrogens is 344 g/mol. The zero-order valence-electron chi connectivity index (χ0n) is 15.0. The first-order valence-corrected chi connectivity index (χ1v) is 9.06. The Labute approximate surface area is 157 Å². The van der Waals surface area contributed by atoms with Gasteiger partial charge in [0.05, 0.1) is 17.0 Å². The van der Waals surface area contributed by atoms with Gasteiger partial charge >= 0.3 is 0 Å². The van der Waals surface area contributed by atoms with Crippen LogP contribution in [0.25, 0.3) is 16.7 Å². The van der Waals surface area contributed by atoms with Crippen molar-refractivity contribution in [2.45, 2.75) is 32.6 Å². The Balaban J connectivity index is 1.98. The number of halogens is 2. The van der Waals surface area contributed by atoms with E-state index in [4.69, 9.17) is 0 Å². The number of aryl methyl sites for hydroxylation is 1. The van der Waals surface area contributed by atoms with Crippen LogP contribution in [0.2, 0.25) is 0 Å². The SMILES string of the molecule is C=C1c2ncc(C(F)F)cc2C(C#N)=C(c2ccc(C)cn2)C1C1CCC1. The highest BCUT2D eigenvalue weighted by molar-refractivity contribution is 6.06. The fraction of sp³-hybridized carbons (Fsp3) is 0.318. The summed E-state index contributed by atoms with van der Waals surface area (Å²) < 4.78 is 26.4. The van der Waals surface area contributed by atoms with Gasteiger partial charge in [0.2, 0.25) is 0 Å². The fourth-order valence-electron chi connectivity index (χ4n) is 4.00. The van der Waals surface area contributed by atoms with Gasteiger partial charge in [0.25, 0.3) is 6.43 Å². The van der Waals surface area contributed by atoms with Gasteiger partial charge in [-0.3, -0.25) is 9.97 Å². The number of aromatic nitrogens is 2. The molecule has 2 aromatic heterocycles. The van der Waals surface area contributed by atoms with Gasteiger partial charge in [0.15, 0.2) is 0 Å². The third-order valence-electron chi connectivity index (χ3n) is 5.61. The van der Waals surface area contributed by atoms with E-state index in [0.717, 1.165) is 36.0 Å². The molecule has 0 N–H and O–H groups in total. The summed E-state index contributed by atoms with van der Waals surface area (Å²) >= 11 is 0. The molecule has 0 spiro atoms. The lowest BCUT2D eigenvalue weighted by atomic mass is 9.64. The highest BCUT2D eigenvalue weighted by atomic mass is 19.3. The molecule has 4 rings (SSSR count). The van der Waals surface area contributed by atoms with Crippen LogP contribution in [-0.2, 0) is 0 Å². The molecule has 1 fully saturated rings. The number of allylic oxidation sites excluding steroid dienone is 3. The second-order valence-electron chi connectivity index (χ2n) is 7.28. The molecule has 0 radical (unpaired) electrons. The topological polar surface area (TPSA) is 49.6 Å². The van der Waals surface area contributed by atoms with E-state index in [0.29, 0.717) is 28.4 Å². The van der Waals surface area contributed by atoms with Crippen molar-refractivity contribution in [2.75, 3.05) is 0 Å². The Hall–Kier alpha value is -2.87. The molecule has 0 saturated heterocycles. The Morgan fingerprint density at radius 2 is 2.00 bits per heavy atom. The first-order chi connectivity index (χ1) is 13.0. The third kappa shape index (κ3) is 2.86. The minimum absolute atomic E-state index is 0.0546. The summed E-state index contributed by atoms with van der Waals surface area (Å²) in [6.45, 7) is 6.21. The van der Waals surface area contributed by atoms with Crippen LogP contribution in [0.5, 0.6) is 0 Å². The third-order valence-corrected chi connectivity index (χ3v) is 5.61. The van der Waals surface area contributed by atoms with Crippen molar-refractivity contribution < 1.29 is 8.78 Å². The average Bonchev–Trinajstić information content (AvgIpc) is 2.62. The van der Waals surface area contributed by atoms with E-state index >= 15 is 0 Å². The van der Waals surface area contributed by atoms with E-state index in [1.165, 1.54) is 12.3 Å². The second-order valence-corrected chi connectivity index (χ2v) is 7.28. The lowest BCUT2D eigenvalue weighted by Gasteiger charge is -2.39. The van der Waals surface area contributed by atoms with Gasteiger partial charge in [-0.1, -0.05) is 19.1 Å². The highest BCUT2D eigenvalue weighted by Gasteiger charge is 2.40. The van der Waals surface area contributed by atoms with Crippen molar-refractivity contribution in [1.29, 1.82) is 5.26 Å². The highest BCUT2D eigenvalue weighted by Crippen LogP contribution is 2.52. The first kappa shape index (κ1) is 17.5. The van der Waals surface area contributed by atoms with Crippen LogP contribution in [-0.4, -0.2) is 9.97 Å². The Kier molecular flexibility index (Phi) is 4.35. The normalized spacial score (nSPS) is 19.7. The van der Waals surface area contributed by atoms with Crippen LogP contribution in [0, 0.1) is 30.1 Å². The second kappa shape index (κ2) is 6.70. The van der Waals surface area contributed by atoms with Gasteiger partial charge in [-0.2, -0.15) is 5.26 Å². The predicted molar refractivity (Wildman–Crippen MR) is 100 cm³/mol. The van der Waals surface area contributed by atoms with Crippen LogP contribution in [0.1, 0.15) is 53.8 Å². The number of rotatable bonds is 3. The van der Waals surface area contributed by atoms with Gasteiger partial charge in [-0.25, -0.2) is 8.78 Å². The summed E-state index contributed by atoms with van der Waals surface area (Å²) in [4.78, 5) is 8.81. The van der Waals surface area contributed by atoms with Gasteiger partial charge in [0.1, 0.15) is 6.07 Å². The molecule has 2 heterocycles. The number of nitriles is 1. The molecule has 0 amide bonds. The maximum atomic E-state index is 13.2. The van der Waals surface area contributed by atoms with E-state index in [9.17, 15) is 14.0 Å². The smallest absolute Gasteiger partial charge is 0.256 e. The van der Waals surface area contributed by atoms with Crippen LogP contribution in [0.4, 0.5) is 8.78 Å². The Morgan fingerprint density at radius 3 is 2.56 bits per heavy atom. The zero-order valence-corrected chi connectivity index (χ0v) is 15.0. The molecule has 1 saturated carbocycles. The molecule has 1 unspecified atom stereocenters. The molecule has 1 atom stereocenters. The number of hydrogen-bond donors (Lipinski definition) is 0. The van der Waals surface area contributed by atoms with Crippen molar-refractivity contribution in [3.63, 3.8) is 0 Å². The summed E-state index contributed by atoms with van der Waals surface area (Å²) in [6.07, 6.45) is 3.58. The van der Waals surface area contributed by atoms with Crippen molar-refractivity contribution in [3.8, 4) is 6.07 Å². The van der Waals surface area contributed by atoms with Crippen LogP contribution in [0.3, 0.4) is 0 Å². The molecule has 0 aromatic carbocycles. The van der Waals surface area contributed by atoms with E-state index in [2.05, 4.69) is 22.6 Å². The van der Waals surface area contributed by atoms with Crippen molar-refractivity contribution in [3.05, 3.63) is 65.2 Å². The number of alkyl halides is 2. The molecule has 3 nitrogen and oxygen atoms in total. The molecule has 136 valence electrons. The molecule has 27 heavy (non-hydrogen) atoms. The molecule has 0 bridgehead atoms. The lowest BCUT2D eigenvalue weighted by molar-refractivity contribution is 0.151. The van der Waals surface area contributed by atoms with Gasteiger partial charge in [0, 0.05) is 35.0 Å². The van der Waals surface area contributed by atoms with E-state index < -0.39 is 6.43 Å². The fourth-order valence-corrected chi connectivity index (χ4v) is 4.00. The molecule has 0 aliphatic heterocycles. The molecule has 2 aliphatic rings. The number of nitrogens with zero attached hydrogens (tertiary/aromatic N) is 3. The average molecular weight is 363 g/mol. The number of hydrogen-bond acceptors (Lipinski definition) is 3. The first-order valence-electron chi connectivity index (χ1n) is 9.06. The maximum Gasteiger partial charge on any atom is 0.265 e. The zero-order chi connectivity index (χ0) is 19.1. The monoisotopic (exact) mass is 363 g/mol. The maximum absolute atomic E-state index is 13.2. The molecule has 5 heteroatoms. The number of pyridine rings is 2. The van der Waals surface area contributed by atoms with Crippen molar-refractivity contribution >= 4 is 16.7 Å². The molecule has 2 aromatic rings. The van der Waals surface area contributed by atoms with Crippen LogP contribution < -0.4 is 0 Å². The lowest BCUT2D eigenvalue weighted by Crippen LogP contribution is -2.28. The van der Waals surface area contributed by atoms with Crippen molar-refractivity contribution in [1.82, 2.24) is 9.97 Å². The van der Waals surface area contributed by atoms with Crippen LogP contribution in [0.15, 0.2) is 37.2 Å². The summed E-state index contributed by atoms with van der Waals surface area (Å²) in [7, 11) is 0. The molecular formula is C22H19F2N3. The van der Waals surface area contributed by atoms with E-state index in [1.54, 1.807) is 6.20 Å². The molecule has 2 aliphatic carbocycles. The summed E-state index contributed by atoms with van der Waals surface area (Å²) in [5.74, 6) is 0.324. The van der Waals surface area contributed by atoms with Crippen molar-refractivity contribution in [2.24, 2.45) is 11.8 Å². The minimum atomic E-state index is -2.64. The quantitative estimate of drug-likeness (QED) is 0.713. The van der Waals surface area contributed by atoms with Gasteiger partial charge in [-0.05, 0) is 49.0 Å². The van der Waals surface area contributed by atoms with E-state index in [-0.39, 0.29) is 11.5 Å².